The van der Waals surface area contributed by atoms with Gasteiger partial charge >= 0.3 is 0 Å². The van der Waals surface area contributed by atoms with Gasteiger partial charge in [-0.3, -0.25) is 0 Å². The molecule has 0 spiro atoms. The molecule has 0 amide bonds. The van der Waals surface area contributed by atoms with E-state index in [0.717, 1.165) is 25.2 Å². The third kappa shape index (κ3) is 4.63. The van der Waals surface area contributed by atoms with E-state index in [2.05, 4.69) is 15.3 Å². The zero-order valence-electron chi connectivity index (χ0n) is 12.5. The Morgan fingerprint density at radius 2 is 1.95 bits per heavy atom. The molecule has 112 valence electrons. The number of anilines is 1. The molecule has 0 aromatic carbocycles. The summed E-state index contributed by atoms with van der Waals surface area (Å²) in [7, 11) is 1.65. The molecule has 1 aromatic heterocycles. The maximum Gasteiger partial charge on any atom is 0.219 e. The van der Waals surface area contributed by atoms with Crippen LogP contribution >= 0.6 is 0 Å². The van der Waals surface area contributed by atoms with Crippen LogP contribution in [0.1, 0.15) is 51.3 Å². The van der Waals surface area contributed by atoms with Crippen LogP contribution in [0.25, 0.3) is 0 Å². The summed E-state index contributed by atoms with van der Waals surface area (Å²) in [6.45, 7) is 3.27. The van der Waals surface area contributed by atoms with Gasteiger partial charge in [-0.2, -0.15) is 4.98 Å². The van der Waals surface area contributed by atoms with Crippen molar-refractivity contribution in [1.82, 2.24) is 9.97 Å². The molecule has 0 unspecified atom stereocenters. The van der Waals surface area contributed by atoms with Crippen LogP contribution < -0.4 is 10.1 Å². The van der Waals surface area contributed by atoms with Crippen molar-refractivity contribution in [2.45, 2.75) is 58.2 Å². The monoisotopic (exact) mass is 279 g/mol. The van der Waals surface area contributed by atoms with Crippen molar-refractivity contribution in [2.24, 2.45) is 0 Å². The minimum Gasteiger partial charge on any atom is -0.474 e. The number of rotatable bonds is 6. The second-order valence-corrected chi connectivity index (χ2v) is 5.20. The van der Waals surface area contributed by atoms with Crippen LogP contribution in [-0.2, 0) is 11.3 Å². The summed E-state index contributed by atoms with van der Waals surface area (Å²) in [4.78, 5) is 8.83. The van der Waals surface area contributed by atoms with Crippen LogP contribution in [0.2, 0.25) is 0 Å². The first kappa shape index (κ1) is 15.0. The largest absolute Gasteiger partial charge is 0.474 e. The molecule has 1 saturated carbocycles. The minimum atomic E-state index is 0.289. The second-order valence-electron chi connectivity index (χ2n) is 5.20. The minimum absolute atomic E-state index is 0.289. The summed E-state index contributed by atoms with van der Waals surface area (Å²) in [6.07, 6.45) is 7.68. The fraction of sp³-hybridized carbons (Fsp3) is 0.733. The molecule has 1 aromatic rings. The fourth-order valence-corrected chi connectivity index (χ4v) is 2.53. The lowest BCUT2D eigenvalue weighted by molar-refractivity contribution is 0.164. The molecule has 1 N–H and O–H groups in total. The summed E-state index contributed by atoms with van der Waals surface area (Å²) >= 11 is 0. The first-order valence-electron chi connectivity index (χ1n) is 7.59. The Hall–Kier alpha value is -1.36. The van der Waals surface area contributed by atoms with Gasteiger partial charge in [-0.1, -0.05) is 12.8 Å². The third-order valence-electron chi connectivity index (χ3n) is 3.47. The average molecular weight is 279 g/mol. The third-order valence-corrected chi connectivity index (χ3v) is 3.47. The van der Waals surface area contributed by atoms with E-state index in [0.29, 0.717) is 18.3 Å². The zero-order valence-corrected chi connectivity index (χ0v) is 12.5. The number of methoxy groups -OCH3 is 1. The molecule has 0 saturated heterocycles. The molecular formula is C15H25N3O2. The van der Waals surface area contributed by atoms with Gasteiger partial charge in [0.25, 0.3) is 0 Å². The molecule has 20 heavy (non-hydrogen) atoms. The Morgan fingerprint density at radius 3 is 2.60 bits per heavy atom. The van der Waals surface area contributed by atoms with Crippen molar-refractivity contribution in [1.29, 1.82) is 0 Å². The quantitative estimate of drug-likeness (QED) is 0.811. The highest BCUT2D eigenvalue weighted by Crippen LogP contribution is 2.23. The number of nitrogens with zero attached hydrogens (tertiary/aromatic N) is 2. The number of hydrogen-bond acceptors (Lipinski definition) is 5. The fourth-order valence-electron chi connectivity index (χ4n) is 2.53. The Bertz CT molecular complexity index is 380. The van der Waals surface area contributed by atoms with Gasteiger partial charge in [0, 0.05) is 19.7 Å². The predicted octanol–water partition coefficient (Wildman–Crippen LogP) is 3.16. The van der Waals surface area contributed by atoms with Crippen molar-refractivity contribution in [3.8, 4) is 5.88 Å². The molecule has 0 bridgehead atoms. The highest BCUT2D eigenvalue weighted by atomic mass is 16.5. The van der Waals surface area contributed by atoms with Gasteiger partial charge in [-0.05, 0) is 32.6 Å². The van der Waals surface area contributed by atoms with E-state index in [1.54, 1.807) is 7.11 Å². The predicted molar refractivity (Wildman–Crippen MR) is 79.0 cm³/mol. The van der Waals surface area contributed by atoms with Gasteiger partial charge < -0.3 is 14.8 Å². The van der Waals surface area contributed by atoms with Crippen LogP contribution in [0.5, 0.6) is 5.88 Å². The van der Waals surface area contributed by atoms with Gasteiger partial charge in [-0.15, -0.1) is 0 Å². The first-order valence-corrected chi connectivity index (χ1v) is 7.59. The molecule has 1 aliphatic rings. The first-order chi connectivity index (χ1) is 9.81. The molecule has 1 heterocycles. The molecule has 0 aliphatic heterocycles. The smallest absolute Gasteiger partial charge is 0.219 e. The second kappa shape index (κ2) is 8.04. The number of aromatic nitrogens is 2. The standard InChI is InChI=1S/C15H25N3O2/c1-3-16-13-10-15(18-14(17-13)11-19-2)20-12-8-6-4-5-7-9-12/h10,12H,3-9,11H2,1-2H3,(H,16,17,18). The van der Waals surface area contributed by atoms with Crippen LogP contribution in [0.15, 0.2) is 6.07 Å². The average Bonchev–Trinajstić information content (AvgIpc) is 2.68. The SMILES string of the molecule is CCNc1cc(OC2CCCCCC2)nc(COC)n1. The highest BCUT2D eigenvalue weighted by Gasteiger charge is 2.15. The number of nitrogens with one attached hydrogen (secondary N) is 1. The zero-order chi connectivity index (χ0) is 14.2. The van der Waals surface area contributed by atoms with E-state index in [4.69, 9.17) is 9.47 Å². The molecule has 1 aliphatic carbocycles. The maximum atomic E-state index is 6.06. The Balaban J connectivity index is 2.07. The molecule has 5 heteroatoms. The molecule has 1 fully saturated rings. The van der Waals surface area contributed by atoms with Crippen molar-refractivity contribution >= 4 is 5.82 Å². The summed E-state index contributed by atoms with van der Waals surface area (Å²) in [5.41, 5.74) is 0. The molecular weight excluding hydrogens is 254 g/mol. The lowest BCUT2D eigenvalue weighted by atomic mass is 10.1. The van der Waals surface area contributed by atoms with Crippen LogP contribution in [-0.4, -0.2) is 29.7 Å². The van der Waals surface area contributed by atoms with Crippen molar-refractivity contribution in [3.63, 3.8) is 0 Å². The summed E-state index contributed by atoms with van der Waals surface area (Å²) in [5, 5.41) is 3.21. The van der Waals surface area contributed by atoms with Gasteiger partial charge in [0.1, 0.15) is 18.5 Å². The number of ether oxygens (including phenoxy) is 2. The van der Waals surface area contributed by atoms with Crippen LogP contribution in [0.3, 0.4) is 0 Å². The van der Waals surface area contributed by atoms with Crippen LogP contribution in [0.4, 0.5) is 5.82 Å². The Labute approximate surface area is 121 Å². The van der Waals surface area contributed by atoms with E-state index in [1.807, 2.05) is 13.0 Å². The van der Waals surface area contributed by atoms with Crippen molar-refractivity contribution in [3.05, 3.63) is 11.9 Å². The van der Waals surface area contributed by atoms with E-state index in [9.17, 15) is 0 Å². The summed E-state index contributed by atoms with van der Waals surface area (Å²) in [6, 6.07) is 1.88. The topological polar surface area (TPSA) is 56.3 Å². The lowest BCUT2D eigenvalue weighted by Gasteiger charge is -2.17. The summed E-state index contributed by atoms with van der Waals surface area (Å²) < 4.78 is 11.2. The van der Waals surface area contributed by atoms with E-state index >= 15 is 0 Å². The van der Waals surface area contributed by atoms with Gasteiger partial charge in [-0.25, -0.2) is 4.98 Å². The lowest BCUT2D eigenvalue weighted by Crippen LogP contribution is -2.17. The number of hydrogen-bond donors (Lipinski definition) is 1. The normalized spacial score (nSPS) is 16.7. The van der Waals surface area contributed by atoms with Crippen LogP contribution in [0, 0.1) is 0 Å². The maximum absolute atomic E-state index is 6.06. The van der Waals surface area contributed by atoms with Gasteiger partial charge in [0.05, 0.1) is 0 Å². The molecule has 5 nitrogen and oxygen atoms in total. The van der Waals surface area contributed by atoms with E-state index in [1.165, 1.54) is 25.7 Å². The van der Waals surface area contributed by atoms with Gasteiger partial charge in [0.2, 0.25) is 5.88 Å². The van der Waals surface area contributed by atoms with Crippen molar-refractivity contribution in [2.75, 3.05) is 19.0 Å². The van der Waals surface area contributed by atoms with E-state index in [-0.39, 0.29) is 6.10 Å². The Kier molecular flexibility index (Phi) is 6.05. The molecule has 2 rings (SSSR count). The van der Waals surface area contributed by atoms with E-state index < -0.39 is 0 Å². The highest BCUT2D eigenvalue weighted by molar-refractivity contribution is 5.38. The Morgan fingerprint density at radius 1 is 1.20 bits per heavy atom. The summed E-state index contributed by atoms with van der Waals surface area (Å²) in [5.74, 6) is 2.13. The van der Waals surface area contributed by atoms with Gasteiger partial charge in [0.15, 0.2) is 5.82 Å². The van der Waals surface area contributed by atoms with Crippen molar-refractivity contribution < 1.29 is 9.47 Å². The molecule has 0 atom stereocenters. The molecule has 0 radical (unpaired) electrons.